The minimum atomic E-state index is -0.780. The summed E-state index contributed by atoms with van der Waals surface area (Å²) in [4.78, 5) is 38.8. The first-order valence-electron chi connectivity index (χ1n) is 8.88. The molecule has 1 fully saturated rings. The molecular formula is C19H24N2O4. The second-order valence-electron chi connectivity index (χ2n) is 6.96. The second kappa shape index (κ2) is 7.25. The number of anilines is 1. The van der Waals surface area contributed by atoms with Crippen molar-refractivity contribution in [3.05, 3.63) is 29.3 Å². The molecule has 0 unspecified atom stereocenters. The van der Waals surface area contributed by atoms with E-state index in [9.17, 15) is 14.4 Å². The van der Waals surface area contributed by atoms with Gasteiger partial charge in [0, 0.05) is 44.2 Å². The van der Waals surface area contributed by atoms with Gasteiger partial charge in [-0.2, -0.15) is 0 Å². The fraction of sp³-hybridized carbons (Fsp3) is 0.526. The fourth-order valence-corrected chi connectivity index (χ4v) is 3.86. The van der Waals surface area contributed by atoms with Gasteiger partial charge in [-0.15, -0.1) is 0 Å². The van der Waals surface area contributed by atoms with Gasteiger partial charge in [0.2, 0.25) is 5.91 Å². The summed E-state index contributed by atoms with van der Waals surface area (Å²) in [6.07, 6.45) is 3.45. The van der Waals surface area contributed by atoms with Crippen LogP contribution < -0.4 is 4.90 Å². The number of fused-ring (bicyclic) bond motifs is 1. The molecule has 6 nitrogen and oxygen atoms in total. The highest BCUT2D eigenvalue weighted by Crippen LogP contribution is 2.30. The smallest absolute Gasteiger partial charge is 0.303 e. The van der Waals surface area contributed by atoms with Crippen molar-refractivity contribution in [3.8, 4) is 0 Å². The van der Waals surface area contributed by atoms with Gasteiger partial charge in [0.25, 0.3) is 5.91 Å². The number of carbonyl (C=O) groups is 3. The molecule has 2 aliphatic rings. The van der Waals surface area contributed by atoms with Gasteiger partial charge in [0.15, 0.2) is 0 Å². The van der Waals surface area contributed by atoms with E-state index in [1.54, 1.807) is 17.9 Å². The molecule has 1 aromatic carbocycles. The van der Waals surface area contributed by atoms with Gasteiger partial charge < -0.3 is 14.9 Å². The predicted molar refractivity (Wildman–Crippen MR) is 93.7 cm³/mol. The van der Waals surface area contributed by atoms with Crippen molar-refractivity contribution in [3.63, 3.8) is 0 Å². The Morgan fingerprint density at radius 2 is 2.04 bits per heavy atom. The van der Waals surface area contributed by atoms with Gasteiger partial charge in [-0.25, -0.2) is 0 Å². The van der Waals surface area contributed by atoms with Crippen molar-refractivity contribution >= 4 is 23.5 Å². The molecule has 25 heavy (non-hydrogen) atoms. The minimum absolute atomic E-state index is 0.00380. The Morgan fingerprint density at radius 3 is 2.76 bits per heavy atom. The van der Waals surface area contributed by atoms with E-state index in [2.05, 4.69) is 0 Å². The highest BCUT2D eigenvalue weighted by molar-refractivity contribution is 5.98. The first-order valence-corrected chi connectivity index (χ1v) is 8.88. The molecule has 0 bridgehead atoms. The van der Waals surface area contributed by atoms with Gasteiger partial charge in [-0.1, -0.05) is 0 Å². The quantitative estimate of drug-likeness (QED) is 0.909. The lowest BCUT2D eigenvalue weighted by Gasteiger charge is -2.32. The Morgan fingerprint density at radius 1 is 1.24 bits per heavy atom. The number of piperidine rings is 1. The van der Waals surface area contributed by atoms with Crippen LogP contribution in [0.2, 0.25) is 0 Å². The van der Waals surface area contributed by atoms with Crippen molar-refractivity contribution in [1.29, 1.82) is 0 Å². The summed E-state index contributed by atoms with van der Waals surface area (Å²) in [5.74, 6) is -0.493. The topological polar surface area (TPSA) is 77.9 Å². The number of carbonyl (C=O) groups excluding carboxylic acids is 2. The lowest BCUT2D eigenvalue weighted by Crippen LogP contribution is -2.40. The minimum Gasteiger partial charge on any atom is -0.481 e. The normalized spacial score (nSPS) is 19.6. The highest BCUT2D eigenvalue weighted by Gasteiger charge is 2.27. The van der Waals surface area contributed by atoms with Crippen LogP contribution >= 0.6 is 0 Å². The molecule has 2 aliphatic heterocycles. The van der Waals surface area contributed by atoms with Crippen molar-refractivity contribution < 1.29 is 19.5 Å². The third kappa shape index (κ3) is 3.83. The molecular weight excluding hydrogens is 320 g/mol. The van der Waals surface area contributed by atoms with Crippen LogP contribution in [0.3, 0.4) is 0 Å². The Labute approximate surface area is 147 Å². The SMILES string of the molecule is CC(=O)N1CCc2cc(C(=O)N3CCC[C@H](CCC(=O)O)C3)ccc21. The van der Waals surface area contributed by atoms with Crippen LogP contribution in [0, 0.1) is 5.92 Å². The Bertz CT molecular complexity index is 701. The van der Waals surface area contributed by atoms with Crippen molar-refractivity contribution in [2.75, 3.05) is 24.5 Å². The zero-order chi connectivity index (χ0) is 18.0. The molecule has 1 aromatic rings. The number of benzene rings is 1. The summed E-state index contributed by atoms with van der Waals surface area (Å²) in [5, 5.41) is 8.84. The summed E-state index contributed by atoms with van der Waals surface area (Å²) >= 11 is 0. The Hall–Kier alpha value is -2.37. The molecule has 134 valence electrons. The number of hydrogen-bond donors (Lipinski definition) is 1. The first-order chi connectivity index (χ1) is 12.0. The van der Waals surface area contributed by atoms with Crippen LogP contribution in [-0.2, 0) is 16.0 Å². The van der Waals surface area contributed by atoms with E-state index in [-0.39, 0.29) is 24.2 Å². The molecule has 1 saturated heterocycles. The summed E-state index contributed by atoms with van der Waals surface area (Å²) in [6, 6.07) is 5.56. The molecule has 1 N–H and O–H groups in total. The predicted octanol–water partition coefficient (Wildman–Crippen LogP) is 2.31. The van der Waals surface area contributed by atoms with Crippen LogP contribution in [0.25, 0.3) is 0 Å². The van der Waals surface area contributed by atoms with Gasteiger partial charge in [0.1, 0.15) is 0 Å². The molecule has 0 saturated carbocycles. The van der Waals surface area contributed by atoms with E-state index in [4.69, 9.17) is 5.11 Å². The van der Waals surface area contributed by atoms with Crippen LogP contribution in [-0.4, -0.2) is 47.4 Å². The van der Waals surface area contributed by atoms with Crippen LogP contribution in [0.5, 0.6) is 0 Å². The lowest BCUT2D eigenvalue weighted by molar-refractivity contribution is -0.137. The van der Waals surface area contributed by atoms with Gasteiger partial charge in [0.05, 0.1) is 0 Å². The van der Waals surface area contributed by atoms with Crippen LogP contribution in [0.15, 0.2) is 18.2 Å². The maximum Gasteiger partial charge on any atom is 0.303 e. The third-order valence-corrected chi connectivity index (χ3v) is 5.17. The Kier molecular flexibility index (Phi) is 5.06. The van der Waals surface area contributed by atoms with E-state index >= 15 is 0 Å². The third-order valence-electron chi connectivity index (χ3n) is 5.17. The molecule has 6 heteroatoms. The molecule has 0 spiro atoms. The molecule has 0 radical (unpaired) electrons. The number of rotatable bonds is 4. The maximum atomic E-state index is 12.8. The standard InChI is InChI=1S/C19H24N2O4/c1-13(22)21-10-8-15-11-16(5-6-17(15)21)19(25)20-9-2-3-14(12-20)4-7-18(23)24/h5-6,11,14H,2-4,7-10,12H2,1H3,(H,23,24)/t14-/m1/s1. The van der Waals surface area contributed by atoms with E-state index in [0.717, 1.165) is 37.1 Å². The van der Waals surface area contributed by atoms with Crippen LogP contribution in [0.1, 0.15) is 48.5 Å². The van der Waals surface area contributed by atoms with Gasteiger partial charge >= 0.3 is 5.97 Å². The average Bonchev–Trinajstić information content (AvgIpc) is 3.03. The summed E-state index contributed by atoms with van der Waals surface area (Å²) < 4.78 is 0. The number of hydrogen-bond acceptors (Lipinski definition) is 3. The van der Waals surface area contributed by atoms with Gasteiger partial charge in [-0.3, -0.25) is 14.4 Å². The summed E-state index contributed by atoms with van der Waals surface area (Å²) in [7, 11) is 0. The van der Waals surface area contributed by atoms with E-state index in [1.165, 1.54) is 0 Å². The number of aliphatic carboxylic acids is 1. The summed E-state index contributed by atoms with van der Waals surface area (Å²) in [5.41, 5.74) is 2.60. The molecule has 2 amide bonds. The Balaban J connectivity index is 1.69. The van der Waals surface area contributed by atoms with Gasteiger partial charge in [-0.05, 0) is 55.4 Å². The lowest BCUT2D eigenvalue weighted by atomic mass is 9.93. The van der Waals surface area contributed by atoms with E-state index < -0.39 is 5.97 Å². The molecule has 3 rings (SSSR count). The number of amides is 2. The maximum absolute atomic E-state index is 12.8. The average molecular weight is 344 g/mol. The summed E-state index contributed by atoms with van der Waals surface area (Å²) in [6.45, 7) is 3.57. The van der Waals surface area contributed by atoms with Crippen molar-refractivity contribution in [2.24, 2.45) is 5.92 Å². The fourth-order valence-electron chi connectivity index (χ4n) is 3.86. The number of carboxylic acid groups (broad SMARTS) is 1. The van der Waals surface area contributed by atoms with E-state index in [1.807, 2.05) is 17.0 Å². The monoisotopic (exact) mass is 344 g/mol. The van der Waals surface area contributed by atoms with Crippen molar-refractivity contribution in [2.45, 2.75) is 39.0 Å². The molecule has 0 aromatic heterocycles. The largest absolute Gasteiger partial charge is 0.481 e. The number of nitrogens with zero attached hydrogens (tertiary/aromatic N) is 2. The molecule has 1 atom stereocenters. The number of likely N-dealkylation sites (tertiary alicyclic amines) is 1. The van der Waals surface area contributed by atoms with Crippen LogP contribution in [0.4, 0.5) is 5.69 Å². The van der Waals surface area contributed by atoms with E-state index in [0.29, 0.717) is 25.1 Å². The molecule has 2 heterocycles. The zero-order valence-corrected chi connectivity index (χ0v) is 14.5. The van der Waals surface area contributed by atoms with Crippen molar-refractivity contribution in [1.82, 2.24) is 4.90 Å². The number of carboxylic acids is 1. The first kappa shape index (κ1) is 17.5. The second-order valence-corrected chi connectivity index (χ2v) is 6.96. The zero-order valence-electron chi connectivity index (χ0n) is 14.5. The highest BCUT2D eigenvalue weighted by atomic mass is 16.4. The molecule has 0 aliphatic carbocycles.